The van der Waals surface area contributed by atoms with Crippen molar-refractivity contribution in [3.05, 3.63) is 60.1 Å². The van der Waals surface area contributed by atoms with Crippen LogP contribution in [0.2, 0.25) is 0 Å². The molecule has 1 amide bonds. The standard InChI is InChI=1S/C20H22N8O/c1-14-12-23-16(13-22-14)20(29)28-9-7-27(8-10-28)19-11-18(24-15(2)25-19)26-17-5-3-4-6-21-17/h3-6,11-13H,7-10H2,1-2H3,(H,21,24,25,26). The molecule has 0 saturated carbocycles. The summed E-state index contributed by atoms with van der Waals surface area (Å²) >= 11 is 0. The van der Waals surface area contributed by atoms with Crippen LogP contribution in [-0.2, 0) is 0 Å². The van der Waals surface area contributed by atoms with Gasteiger partial charge in [-0.2, -0.15) is 0 Å². The molecule has 9 heteroatoms. The summed E-state index contributed by atoms with van der Waals surface area (Å²) < 4.78 is 0. The first kappa shape index (κ1) is 18.7. The lowest BCUT2D eigenvalue weighted by molar-refractivity contribution is 0.0740. The lowest BCUT2D eigenvalue weighted by Gasteiger charge is -2.35. The number of carbonyl (C=O) groups is 1. The van der Waals surface area contributed by atoms with Crippen molar-refractivity contribution in [3.63, 3.8) is 0 Å². The van der Waals surface area contributed by atoms with Crippen molar-refractivity contribution < 1.29 is 4.79 Å². The van der Waals surface area contributed by atoms with E-state index < -0.39 is 0 Å². The van der Waals surface area contributed by atoms with Crippen molar-refractivity contribution >= 4 is 23.4 Å². The largest absolute Gasteiger partial charge is 0.353 e. The molecule has 0 spiro atoms. The molecule has 1 N–H and O–H groups in total. The Hall–Kier alpha value is -3.62. The highest BCUT2D eigenvalue weighted by atomic mass is 16.2. The normalized spacial score (nSPS) is 14.0. The maximum absolute atomic E-state index is 12.6. The number of hydrogen-bond acceptors (Lipinski definition) is 8. The Balaban J connectivity index is 1.43. The number of hydrogen-bond donors (Lipinski definition) is 1. The molecule has 1 aliphatic rings. The average Bonchev–Trinajstić information content (AvgIpc) is 2.74. The zero-order valence-electron chi connectivity index (χ0n) is 16.4. The van der Waals surface area contributed by atoms with Gasteiger partial charge in [0, 0.05) is 44.6 Å². The van der Waals surface area contributed by atoms with Crippen molar-refractivity contribution in [2.24, 2.45) is 0 Å². The number of pyridine rings is 1. The summed E-state index contributed by atoms with van der Waals surface area (Å²) in [5, 5.41) is 3.21. The average molecular weight is 390 g/mol. The zero-order chi connectivity index (χ0) is 20.2. The van der Waals surface area contributed by atoms with Gasteiger partial charge in [-0.15, -0.1) is 0 Å². The number of nitrogens with zero attached hydrogens (tertiary/aromatic N) is 7. The third kappa shape index (κ3) is 4.45. The van der Waals surface area contributed by atoms with Gasteiger partial charge in [-0.25, -0.2) is 19.9 Å². The van der Waals surface area contributed by atoms with Crippen molar-refractivity contribution in [1.82, 2.24) is 29.8 Å². The van der Waals surface area contributed by atoms with Crippen molar-refractivity contribution in [3.8, 4) is 0 Å². The van der Waals surface area contributed by atoms with Crippen LogP contribution in [0, 0.1) is 13.8 Å². The molecule has 0 aromatic carbocycles. The number of amides is 1. The summed E-state index contributed by atoms with van der Waals surface area (Å²) in [5.74, 6) is 2.84. The molecule has 0 bridgehead atoms. The lowest BCUT2D eigenvalue weighted by Crippen LogP contribution is -2.49. The van der Waals surface area contributed by atoms with Crippen molar-refractivity contribution in [2.75, 3.05) is 36.4 Å². The van der Waals surface area contributed by atoms with Crippen LogP contribution in [0.25, 0.3) is 0 Å². The first-order valence-electron chi connectivity index (χ1n) is 9.45. The molecule has 4 rings (SSSR count). The minimum Gasteiger partial charge on any atom is -0.353 e. The predicted molar refractivity (Wildman–Crippen MR) is 109 cm³/mol. The van der Waals surface area contributed by atoms with Gasteiger partial charge in [0.1, 0.15) is 29.0 Å². The van der Waals surface area contributed by atoms with Crippen LogP contribution in [0.4, 0.5) is 17.5 Å². The summed E-state index contributed by atoms with van der Waals surface area (Å²) in [6.45, 7) is 6.28. The van der Waals surface area contributed by atoms with Crippen LogP contribution in [-0.4, -0.2) is 61.9 Å². The molecule has 29 heavy (non-hydrogen) atoms. The fourth-order valence-electron chi connectivity index (χ4n) is 3.15. The quantitative estimate of drug-likeness (QED) is 0.722. The third-order valence-electron chi connectivity index (χ3n) is 4.64. The van der Waals surface area contributed by atoms with Gasteiger partial charge < -0.3 is 15.1 Å². The van der Waals surface area contributed by atoms with E-state index >= 15 is 0 Å². The van der Waals surface area contributed by atoms with Crippen LogP contribution in [0.15, 0.2) is 42.9 Å². The number of aromatic nitrogens is 5. The number of anilines is 3. The molecule has 148 valence electrons. The van der Waals surface area contributed by atoms with Crippen LogP contribution in [0.5, 0.6) is 0 Å². The van der Waals surface area contributed by atoms with E-state index in [1.807, 2.05) is 38.1 Å². The lowest BCUT2D eigenvalue weighted by atomic mass is 10.2. The summed E-state index contributed by atoms with van der Waals surface area (Å²) in [7, 11) is 0. The highest BCUT2D eigenvalue weighted by Gasteiger charge is 2.24. The number of nitrogens with one attached hydrogen (secondary N) is 1. The molecule has 3 aromatic rings. The van der Waals surface area contributed by atoms with E-state index in [2.05, 4.69) is 35.1 Å². The summed E-state index contributed by atoms with van der Waals surface area (Å²) in [4.78, 5) is 38.2. The molecular formula is C20H22N8O. The zero-order valence-corrected chi connectivity index (χ0v) is 16.4. The Morgan fingerprint density at radius 2 is 1.79 bits per heavy atom. The minimum atomic E-state index is -0.0893. The Morgan fingerprint density at radius 3 is 2.48 bits per heavy atom. The van der Waals surface area contributed by atoms with E-state index in [0.29, 0.717) is 43.5 Å². The second kappa shape index (κ2) is 8.17. The van der Waals surface area contributed by atoms with Gasteiger partial charge in [0.15, 0.2) is 0 Å². The van der Waals surface area contributed by atoms with E-state index in [1.165, 1.54) is 6.20 Å². The molecule has 0 atom stereocenters. The van der Waals surface area contributed by atoms with Gasteiger partial charge in [0.2, 0.25) is 0 Å². The van der Waals surface area contributed by atoms with E-state index in [-0.39, 0.29) is 5.91 Å². The van der Waals surface area contributed by atoms with Gasteiger partial charge >= 0.3 is 0 Å². The summed E-state index contributed by atoms with van der Waals surface area (Å²) in [6.07, 6.45) is 4.88. The first-order valence-corrected chi connectivity index (χ1v) is 9.45. The Labute approximate surface area is 168 Å². The Kier molecular flexibility index (Phi) is 5.28. The minimum absolute atomic E-state index is 0.0893. The smallest absolute Gasteiger partial charge is 0.274 e. The SMILES string of the molecule is Cc1cnc(C(=O)N2CCN(c3cc(Nc4ccccn4)nc(C)n3)CC2)cn1. The molecule has 3 aromatic heterocycles. The summed E-state index contributed by atoms with van der Waals surface area (Å²) in [5.41, 5.74) is 1.17. The monoisotopic (exact) mass is 390 g/mol. The molecule has 0 radical (unpaired) electrons. The molecule has 0 unspecified atom stereocenters. The topological polar surface area (TPSA) is 100 Å². The van der Waals surface area contributed by atoms with Crippen LogP contribution < -0.4 is 10.2 Å². The fraction of sp³-hybridized carbons (Fsp3) is 0.300. The van der Waals surface area contributed by atoms with Crippen molar-refractivity contribution in [1.29, 1.82) is 0 Å². The first-order chi connectivity index (χ1) is 14.1. The number of carbonyl (C=O) groups excluding carboxylic acids is 1. The molecule has 4 heterocycles. The van der Waals surface area contributed by atoms with Gasteiger partial charge in [0.25, 0.3) is 5.91 Å². The Morgan fingerprint density at radius 1 is 0.966 bits per heavy atom. The second-order valence-corrected chi connectivity index (χ2v) is 6.82. The van der Waals surface area contributed by atoms with Gasteiger partial charge in [-0.3, -0.25) is 9.78 Å². The van der Waals surface area contributed by atoms with Gasteiger partial charge in [0.05, 0.1) is 11.9 Å². The van der Waals surface area contributed by atoms with E-state index in [4.69, 9.17) is 0 Å². The maximum Gasteiger partial charge on any atom is 0.274 e. The number of aryl methyl sites for hydroxylation is 2. The van der Waals surface area contributed by atoms with E-state index in [0.717, 1.165) is 17.3 Å². The molecule has 1 saturated heterocycles. The van der Waals surface area contributed by atoms with Crippen LogP contribution >= 0.6 is 0 Å². The highest BCUT2D eigenvalue weighted by Crippen LogP contribution is 2.20. The third-order valence-corrected chi connectivity index (χ3v) is 4.64. The maximum atomic E-state index is 12.6. The van der Waals surface area contributed by atoms with Gasteiger partial charge in [-0.05, 0) is 26.0 Å². The molecular weight excluding hydrogens is 368 g/mol. The van der Waals surface area contributed by atoms with E-state index in [9.17, 15) is 4.79 Å². The molecule has 0 aliphatic carbocycles. The Bertz CT molecular complexity index is 985. The van der Waals surface area contributed by atoms with Crippen LogP contribution in [0.1, 0.15) is 22.0 Å². The van der Waals surface area contributed by atoms with E-state index in [1.54, 1.807) is 17.3 Å². The molecule has 1 aliphatic heterocycles. The van der Waals surface area contributed by atoms with Crippen molar-refractivity contribution in [2.45, 2.75) is 13.8 Å². The molecule has 1 fully saturated rings. The van der Waals surface area contributed by atoms with Crippen LogP contribution in [0.3, 0.4) is 0 Å². The number of rotatable bonds is 4. The van der Waals surface area contributed by atoms with Gasteiger partial charge in [-0.1, -0.05) is 6.07 Å². The molecule has 9 nitrogen and oxygen atoms in total. The highest BCUT2D eigenvalue weighted by molar-refractivity contribution is 5.92. The fourth-order valence-corrected chi connectivity index (χ4v) is 3.15. The summed E-state index contributed by atoms with van der Waals surface area (Å²) in [6, 6.07) is 7.57. The number of piperazine rings is 1. The second-order valence-electron chi connectivity index (χ2n) is 6.82. The predicted octanol–water partition coefficient (Wildman–Crippen LogP) is 1.98.